The number of pyridine rings is 1. The van der Waals surface area contributed by atoms with Crippen LogP contribution in [0.25, 0.3) is 0 Å². The molecule has 1 aliphatic heterocycles. The molecule has 0 amide bonds. The molecule has 0 aromatic carbocycles. The van der Waals surface area contributed by atoms with Crippen LogP contribution in [0, 0.1) is 0 Å². The molecule has 2 N–H and O–H groups in total. The van der Waals surface area contributed by atoms with E-state index in [9.17, 15) is 4.79 Å². The highest BCUT2D eigenvalue weighted by atomic mass is 16.5. The van der Waals surface area contributed by atoms with Crippen LogP contribution in [0.1, 0.15) is 30.1 Å². The van der Waals surface area contributed by atoms with Crippen LogP contribution in [0.15, 0.2) is 12.3 Å². The van der Waals surface area contributed by atoms with Crippen molar-refractivity contribution in [2.75, 3.05) is 25.6 Å². The number of rotatable bonds is 5. The van der Waals surface area contributed by atoms with Gasteiger partial charge in [0.1, 0.15) is 12.2 Å². The second-order valence-electron chi connectivity index (χ2n) is 4.29. The first-order valence-electron chi connectivity index (χ1n) is 6.37. The maximum atomic E-state index is 11.8. The predicted molar refractivity (Wildman–Crippen MR) is 69.1 cm³/mol. The van der Waals surface area contributed by atoms with Crippen molar-refractivity contribution in [1.29, 1.82) is 0 Å². The first-order valence-corrected chi connectivity index (χ1v) is 6.37. The summed E-state index contributed by atoms with van der Waals surface area (Å²) in [4.78, 5) is 15.8. The molecule has 1 unspecified atom stereocenters. The first kappa shape index (κ1) is 13.6. The third-order valence-electron chi connectivity index (χ3n) is 2.80. The van der Waals surface area contributed by atoms with Crippen LogP contribution in [0.5, 0.6) is 5.88 Å². The highest BCUT2D eigenvalue weighted by Crippen LogP contribution is 2.21. The van der Waals surface area contributed by atoms with E-state index in [2.05, 4.69) is 4.98 Å². The summed E-state index contributed by atoms with van der Waals surface area (Å²) >= 11 is 0. The van der Waals surface area contributed by atoms with Gasteiger partial charge in [-0.2, -0.15) is 0 Å². The van der Waals surface area contributed by atoms with Crippen LogP contribution in [0.3, 0.4) is 0 Å². The fourth-order valence-electron chi connectivity index (χ4n) is 1.89. The van der Waals surface area contributed by atoms with Gasteiger partial charge < -0.3 is 19.9 Å². The van der Waals surface area contributed by atoms with E-state index in [4.69, 9.17) is 19.9 Å². The van der Waals surface area contributed by atoms with Crippen LogP contribution in [-0.2, 0) is 9.47 Å². The Morgan fingerprint density at radius 3 is 3.16 bits per heavy atom. The van der Waals surface area contributed by atoms with E-state index in [1.165, 1.54) is 12.3 Å². The smallest absolute Gasteiger partial charge is 0.343 e. The minimum absolute atomic E-state index is 0.0643. The zero-order chi connectivity index (χ0) is 13.7. The predicted octanol–water partition coefficient (Wildman–Crippen LogP) is 1.40. The summed E-state index contributed by atoms with van der Waals surface area (Å²) in [5.41, 5.74) is 6.27. The Morgan fingerprint density at radius 1 is 1.63 bits per heavy atom. The molecule has 0 bridgehead atoms. The van der Waals surface area contributed by atoms with Crippen molar-refractivity contribution >= 4 is 11.7 Å². The van der Waals surface area contributed by atoms with Gasteiger partial charge in [-0.15, -0.1) is 0 Å². The second-order valence-corrected chi connectivity index (χ2v) is 4.29. The third kappa shape index (κ3) is 3.57. The van der Waals surface area contributed by atoms with Crippen molar-refractivity contribution in [2.24, 2.45) is 0 Å². The lowest BCUT2D eigenvalue weighted by molar-refractivity contribution is 0.0499. The molecule has 6 nitrogen and oxygen atoms in total. The number of aromatic nitrogens is 1. The van der Waals surface area contributed by atoms with E-state index < -0.39 is 5.97 Å². The molecule has 19 heavy (non-hydrogen) atoms. The maximum Gasteiger partial charge on any atom is 0.343 e. The average Bonchev–Trinajstić information content (AvgIpc) is 2.90. The molecule has 0 radical (unpaired) electrons. The monoisotopic (exact) mass is 266 g/mol. The summed E-state index contributed by atoms with van der Waals surface area (Å²) < 4.78 is 16.0. The van der Waals surface area contributed by atoms with Crippen LogP contribution in [0.2, 0.25) is 0 Å². The summed E-state index contributed by atoms with van der Waals surface area (Å²) in [5, 5.41) is 0. The standard InChI is InChI=1S/C13H18N2O4/c1-2-17-13(16)11-6-9(14)7-15-12(11)19-8-10-4-3-5-18-10/h6-7,10H,2-5,8,14H2,1H3. The Morgan fingerprint density at radius 2 is 2.47 bits per heavy atom. The van der Waals surface area contributed by atoms with Gasteiger partial charge in [0.15, 0.2) is 0 Å². The summed E-state index contributed by atoms with van der Waals surface area (Å²) in [5.74, 6) is -0.243. The van der Waals surface area contributed by atoms with Crippen molar-refractivity contribution in [3.05, 3.63) is 17.8 Å². The zero-order valence-electron chi connectivity index (χ0n) is 10.9. The minimum Gasteiger partial charge on any atom is -0.474 e. The van der Waals surface area contributed by atoms with Crippen LogP contribution >= 0.6 is 0 Å². The van der Waals surface area contributed by atoms with Gasteiger partial charge in [0, 0.05) is 6.61 Å². The van der Waals surface area contributed by atoms with Gasteiger partial charge in [0.2, 0.25) is 5.88 Å². The van der Waals surface area contributed by atoms with E-state index in [1.54, 1.807) is 6.92 Å². The van der Waals surface area contributed by atoms with Gasteiger partial charge in [0.05, 0.1) is 24.6 Å². The molecule has 6 heteroatoms. The topological polar surface area (TPSA) is 83.7 Å². The number of hydrogen-bond acceptors (Lipinski definition) is 6. The van der Waals surface area contributed by atoms with Gasteiger partial charge in [-0.25, -0.2) is 9.78 Å². The van der Waals surface area contributed by atoms with Crippen molar-refractivity contribution < 1.29 is 19.0 Å². The number of carbonyl (C=O) groups is 1. The highest BCUT2D eigenvalue weighted by molar-refractivity contribution is 5.92. The van der Waals surface area contributed by atoms with Crippen molar-refractivity contribution in [3.63, 3.8) is 0 Å². The Kier molecular flexibility index (Phi) is 4.57. The van der Waals surface area contributed by atoms with Gasteiger partial charge in [-0.05, 0) is 25.8 Å². The largest absolute Gasteiger partial charge is 0.474 e. The third-order valence-corrected chi connectivity index (χ3v) is 2.80. The summed E-state index contributed by atoms with van der Waals surface area (Å²) in [6, 6.07) is 1.51. The van der Waals surface area contributed by atoms with Crippen molar-refractivity contribution in [3.8, 4) is 5.88 Å². The van der Waals surface area contributed by atoms with Crippen molar-refractivity contribution in [2.45, 2.75) is 25.9 Å². The summed E-state index contributed by atoms with van der Waals surface area (Å²) in [6.07, 6.45) is 3.51. The molecule has 1 saturated heterocycles. The van der Waals surface area contributed by atoms with E-state index in [1.807, 2.05) is 0 Å². The Balaban J connectivity index is 2.07. The molecule has 1 fully saturated rings. The van der Waals surface area contributed by atoms with Crippen LogP contribution in [0.4, 0.5) is 5.69 Å². The number of nitrogen functional groups attached to an aromatic ring is 1. The number of esters is 1. The molecule has 1 aliphatic rings. The quantitative estimate of drug-likeness (QED) is 0.811. The number of nitrogens with zero attached hydrogens (tertiary/aromatic N) is 1. The second kappa shape index (κ2) is 6.38. The van der Waals surface area contributed by atoms with E-state index in [0.717, 1.165) is 19.4 Å². The molecule has 1 aromatic rings. The van der Waals surface area contributed by atoms with E-state index in [0.29, 0.717) is 18.9 Å². The number of hydrogen-bond donors (Lipinski definition) is 1. The normalized spacial score (nSPS) is 18.3. The highest BCUT2D eigenvalue weighted by Gasteiger charge is 2.20. The molecule has 1 atom stereocenters. The lowest BCUT2D eigenvalue weighted by Crippen LogP contribution is -2.18. The SMILES string of the molecule is CCOC(=O)c1cc(N)cnc1OCC1CCCO1. The zero-order valence-corrected chi connectivity index (χ0v) is 10.9. The number of ether oxygens (including phenoxy) is 3. The number of nitrogens with two attached hydrogens (primary N) is 1. The van der Waals surface area contributed by atoms with Gasteiger partial charge >= 0.3 is 5.97 Å². The van der Waals surface area contributed by atoms with Gasteiger partial charge in [-0.1, -0.05) is 0 Å². The first-order chi connectivity index (χ1) is 9.20. The number of carbonyl (C=O) groups excluding carboxylic acids is 1. The Labute approximate surface area is 111 Å². The molecule has 0 spiro atoms. The molecule has 0 saturated carbocycles. The fraction of sp³-hybridized carbons (Fsp3) is 0.538. The van der Waals surface area contributed by atoms with Gasteiger partial charge in [-0.3, -0.25) is 0 Å². The molecular weight excluding hydrogens is 248 g/mol. The Bertz CT molecular complexity index is 444. The maximum absolute atomic E-state index is 11.8. The minimum atomic E-state index is -0.482. The molecule has 2 rings (SSSR count). The summed E-state index contributed by atoms with van der Waals surface area (Å²) in [7, 11) is 0. The molecular formula is C13H18N2O4. The van der Waals surface area contributed by atoms with Crippen molar-refractivity contribution in [1.82, 2.24) is 4.98 Å². The van der Waals surface area contributed by atoms with E-state index >= 15 is 0 Å². The average molecular weight is 266 g/mol. The lowest BCUT2D eigenvalue weighted by atomic mass is 10.2. The number of anilines is 1. The molecule has 1 aromatic heterocycles. The van der Waals surface area contributed by atoms with Crippen LogP contribution in [-0.4, -0.2) is 36.9 Å². The van der Waals surface area contributed by atoms with Crippen LogP contribution < -0.4 is 10.5 Å². The molecule has 104 valence electrons. The molecule has 0 aliphatic carbocycles. The molecule has 2 heterocycles. The van der Waals surface area contributed by atoms with Gasteiger partial charge in [0.25, 0.3) is 0 Å². The van der Waals surface area contributed by atoms with E-state index in [-0.39, 0.29) is 17.5 Å². The summed E-state index contributed by atoms with van der Waals surface area (Å²) in [6.45, 7) is 3.17. The lowest BCUT2D eigenvalue weighted by Gasteiger charge is -2.13. The Hall–Kier alpha value is -1.82. The fourth-order valence-corrected chi connectivity index (χ4v) is 1.89.